The van der Waals surface area contributed by atoms with Gasteiger partial charge in [0.2, 0.25) is 0 Å². The van der Waals surface area contributed by atoms with Gasteiger partial charge in [-0.2, -0.15) is 0 Å². The number of hydrogen-bond donors (Lipinski definition) is 2. The van der Waals surface area contributed by atoms with Gasteiger partial charge in [0.25, 0.3) is 0 Å². The monoisotopic (exact) mass is 258 g/mol. The molecule has 2 N–H and O–H groups in total. The molecule has 0 aromatic carbocycles. The van der Waals surface area contributed by atoms with Crippen LogP contribution in [0.3, 0.4) is 0 Å². The maximum atomic E-state index is 10.0. The lowest BCUT2D eigenvalue weighted by molar-refractivity contribution is 0.109. The van der Waals surface area contributed by atoms with Crippen molar-refractivity contribution < 1.29 is 5.11 Å². The molecule has 3 heteroatoms. The van der Waals surface area contributed by atoms with Gasteiger partial charge in [-0.25, -0.2) is 0 Å². The topological polar surface area (TPSA) is 35.5 Å². The van der Waals surface area contributed by atoms with Crippen LogP contribution < -0.4 is 5.32 Å². The molecule has 1 unspecified atom stereocenters. The zero-order valence-corrected chi connectivity index (χ0v) is 12.9. The van der Waals surface area contributed by atoms with Gasteiger partial charge in [-0.05, 0) is 38.4 Å². The van der Waals surface area contributed by atoms with E-state index in [-0.39, 0.29) is 6.10 Å². The number of nitrogens with one attached hydrogen (secondary N) is 1. The Kier molecular flexibility index (Phi) is 11.9. The van der Waals surface area contributed by atoms with Crippen molar-refractivity contribution in [2.45, 2.75) is 59.5 Å². The summed E-state index contributed by atoms with van der Waals surface area (Å²) in [5, 5.41) is 13.4. The third-order valence-electron chi connectivity index (χ3n) is 3.06. The lowest BCUT2D eigenvalue weighted by Crippen LogP contribution is -2.40. The summed E-state index contributed by atoms with van der Waals surface area (Å²) in [6.07, 6.45) is 4.68. The van der Waals surface area contributed by atoms with Gasteiger partial charge in [-0.3, -0.25) is 0 Å². The molecule has 0 aromatic heterocycles. The molecule has 1 atom stereocenters. The molecular weight excluding hydrogens is 224 g/mol. The average molecular weight is 258 g/mol. The quantitative estimate of drug-likeness (QED) is 0.564. The Bertz CT molecular complexity index is 166. The Hall–Kier alpha value is -0.120. The van der Waals surface area contributed by atoms with E-state index in [1.807, 2.05) is 0 Å². The van der Waals surface area contributed by atoms with E-state index in [1.54, 1.807) is 0 Å². The summed E-state index contributed by atoms with van der Waals surface area (Å²) in [4.78, 5) is 2.41. The first-order chi connectivity index (χ1) is 8.60. The molecule has 0 fully saturated rings. The van der Waals surface area contributed by atoms with Crippen molar-refractivity contribution in [3.05, 3.63) is 0 Å². The first-order valence-corrected chi connectivity index (χ1v) is 7.71. The highest BCUT2D eigenvalue weighted by atomic mass is 16.3. The zero-order chi connectivity index (χ0) is 13.8. The molecule has 0 heterocycles. The van der Waals surface area contributed by atoms with Crippen LogP contribution in [-0.2, 0) is 0 Å². The van der Waals surface area contributed by atoms with Crippen molar-refractivity contribution in [1.82, 2.24) is 10.2 Å². The van der Waals surface area contributed by atoms with Gasteiger partial charge in [-0.15, -0.1) is 0 Å². The van der Waals surface area contributed by atoms with Crippen LogP contribution in [0.15, 0.2) is 0 Å². The summed E-state index contributed by atoms with van der Waals surface area (Å²) in [6, 6.07) is 0. The lowest BCUT2D eigenvalue weighted by Gasteiger charge is -2.25. The van der Waals surface area contributed by atoms with Crippen molar-refractivity contribution in [2.24, 2.45) is 5.92 Å². The Morgan fingerprint density at radius 1 is 1.00 bits per heavy atom. The van der Waals surface area contributed by atoms with Gasteiger partial charge >= 0.3 is 0 Å². The van der Waals surface area contributed by atoms with Gasteiger partial charge in [0, 0.05) is 13.1 Å². The summed E-state index contributed by atoms with van der Waals surface area (Å²) in [5.41, 5.74) is 0. The van der Waals surface area contributed by atoms with E-state index < -0.39 is 0 Å². The molecule has 18 heavy (non-hydrogen) atoms. The standard InChI is InChI=1S/C15H34N2O/c1-5-7-9-17(10-8-6-2)13-15(18)12-16-11-14(3)4/h14-16,18H,5-13H2,1-4H3. The average Bonchev–Trinajstić information content (AvgIpc) is 2.32. The Balaban J connectivity index is 3.81. The van der Waals surface area contributed by atoms with Crippen molar-refractivity contribution in [2.75, 3.05) is 32.7 Å². The molecule has 3 nitrogen and oxygen atoms in total. The van der Waals surface area contributed by atoms with E-state index in [4.69, 9.17) is 0 Å². The Morgan fingerprint density at radius 3 is 2.00 bits per heavy atom. The predicted octanol–water partition coefficient (Wildman–Crippen LogP) is 2.50. The predicted molar refractivity (Wildman–Crippen MR) is 80.0 cm³/mol. The second-order valence-corrected chi connectivity index (χ2v) is 5.71. The second-order valence-electron chi connectivity index (χ2n) is 5.71. The van der Waals surface area contributed by atoms with Crippen LogP contribution in [0.5, 0.6) is 0 Å². The molecule has 0 aliphatic rings. The van der Waals surface area contributed by atoms with Crippen molar-refractivity contribution in [1.29, 1.82) is 0 Å². The minimum atomic E-state index is -0.238. The van der Waals surface area contributed by atoms with Crippen LogP contribution in [0.4, 0.5) is 0 Å². The maximum absolute atomic E-state index is 10.0. The molecule has 0 aromatic rings. The first-order valence-electron chi connectivity index (χ1n) is 7.71. The number of aliphatic hydroxyl groups is 1. The van der Waals surface area contributed by atoms with Crippen LogP contribution in [-0.4, -0.2) is 48.8 Å². The minimum absolute atomic E-state index is 0.238. The molecule has 0 amide bonds. The van der Waals surface area contributed by atoms with Gasteiger partial charge in [0.1, 0.15) is 0 Å². The van der Waals surface area contributed by atoms with Gasteiger partial charge in [-0.1, -0.05) is 40.5 Å². The summed E-state index contributed by atoms with van der Waals surface area (Å²) in [5.74, 6) is 0.647. The zero-order valence-electron chi connectivity index (χ0n) is 12.9. The summed E-state index contributed by atoms with van der Waals surface area (Å²) < 4.78 is 0. The molecule has 0 radical (unpaired) electrons. The molecular formula is C15H34N2O. The maximum Gasteiger partial charge on any atom is 0.0791 e. The lowest BCUT2D eigenvalue weighted by atomic mass is 10.2. The molecule has 0 bridgehead atoms. The van der Waals surface area contributed by atoms with Crippen LogP contribution in [0.2, 0.25) is 0 Å². The van der Waals surface area contributed by atoms with Crippen molar-refractivity contribution >= 4 is 0 Å². The van der Waals surface area contributed by atoms with E-state index in [1.165, 1.54) is 25.7 Å². The van der Waals surface area contributed by atoms with Crippen molar-refractivity contribution in [3.8, 4) is 0 Å². The molecule has 0 aliphatic heterocycles. The Labute approximate surface area is 114 Å². The first kappa shape index (κ1) is 17.9. The smallest absolute Gasteiger partial charge is 0.0791 e. The third-order valence-corrected chi connectivity index (χ3v) is 3.06. The number of rotatable bonds is 12. The van der Waals surface area contributed by atoms with Gasteiger partial charge in [0.05, 0.1) is 6.10 Å². The fraction of sp³-hybridized carbons (Fsp3) is 1.00. The molecule has 0 rings (SSSR count). The highest BCUT2D eigenvalue weighted by Crippen LogP contribution is 2.01. The highest BCUT2D eigenvalue weighted by Gasteiger charge is 2.10. The van der Waals surface area contributed by atoms with E-state index in [0.717, 1.165) is 26.2 Å². The number of hydrogen-bond acceptors (Lipinski definition) is 3. The van der Waals surface area contributed by atoms with Gasteiger partial charge < -0.3 is 15.3 Å². The molecule has 0 spiro atoms. The summed E-state index contributed by atoms with van der Waals surface area (Å²) in [7, 11) is 0. The molecule has 110 valence electrons. The highest BCUT2D eigenvalue weighted by molar-refractivity contribution is 4.67. The SMILES string of the molecule is CCCCN(CCCC)CC(O)CNCC(C)C. The van der Waals surface area contributed by atoms with Crippen LogP contribution >= 0.6 is 0 Å². The van der Waals surface area contributed by atoms with Crippen LogP contribution in [0.1, 0.15) is 53.4 Å². The number of aliphatic hydroxyl groups excluding tert-OH is 1. The van der Waals surface area contributed by atoms with Gasteiger partial charge in [0.15, 0.2) is 0 Å². The number of unbranched alkanes of at least 4 members (excludes halogenated alkanes) is 2. The fourth-order valence-electron chi connectivity index (χ4n) is 1.96. The fourth-order valence-corrected chi connectivity index (χ4v) is 1.96. The minimum Gasteiger partial charge on any atom is -0.390 e. The van der Waals surface area contributed by atoms with E-state index in [9.17, 15) is 5.11 Å². The number of nitrogens with zero attached hydrogens (tertiary/aromatic N) is 1. The summed E-state index contributed by atoms with van der Waals surface area (Å²) >= 11 is 0. The Morgan fingerprint density at radius 2 is 1.56 bits per heavy atom. The second kappa shape index (κ2) is 11.9. The van der Waals surface area contributed by atoms with Crippen LogP contribution in [0, 0.1) is 5.92 Å². The van der Waals surface area contributed by atoms with E-state index in [2.05, 4.69) is 37.9 Å². The van der Waals surface area contributed by atoms with Crippen molar-refractivity contribution in [3.63, 3.8) is 0 Å². The largest absolute Gasteiger partial charge is 0.390 e. The third kappa shape index (κ3) is 11.0. The molecule has 0 aliphatic carbocycles. The van der Waals surface area contributed by atoms with Crippen LogP contribution in [0.25, 0.3) is 0 Å². The molecule has 0 saturated carbocycles. The molecule has 0 saturated heterocycles. The summed E-state index contributed by atoms with van der Waals surface area (Å²) in [6.45, 7) is 13.6. The normalized spacial score (nSPS) is 13.5. The van der Waals surface area contributed by atoms with E-state index in [0.29, 0.717) is 12.5 Å². The van der Waals surface area contributed by atoms with E-state index >= 15 is 0 Å².